The maximum absolute atomic E-state index is 6.03. The first kappa shape index (κ1) is 15.5. The Morgan fingerprint density at radius 3 is 2.88 bits per heavy atom. The molecule has 1 fully saturated rings. The Morgan fingerprint density at radius 1 is 1.29 bits per heavy atom. The Bertz CT molecular complexity index is 903. The molecule has 3 aromatic heterocycles. The summed E-state index contributed by atoms with van der Waals surface area (Å²) in [5.41, 5.74) is 3.11. The van der Waals surface area contributed by atoms with E-state index >= 15 is 0 Å². The van der Waals surface area contributed by atoms with Crippen LogP contribution < -0.4 is 0 Å². The number of ether oxygens (including phenoxy) is 2. The highest BCUT2D eigenvalue weighted by molar-refractivity contribution is 6.29. The van der Waals surface area contributed by atoms with Gasteiger partial charge in [-0.25, -0.2) is 15.0 Å². The molecule has 0 saturated carbocycles. The molecule has 24 heavy (non-hydrogen) atoms. The van der Waals surface area contributed by atoms with Crippen molar-refractivity contribution < 1.29 is 9.47 Å². The van der Waals surface area contributed by atoms with Crippen LogP contribution >= 0.6 is 11.6 Å². The molecule has 1 saturated heterocycles. The summed E-state index contributed by atoms with van der Waals surface area (Å²) in [4.78, 5) is 13.4. The Hall–Kier alpha value is -2.02. The van der Waals surface area contributed by atoms with Gasteiger partial charge in [0.25, 0.3) is 0 Å². The van der Waals surface area contributed by atoms with Gasteiger partial charge in [0.1, 0.15) is 16.4 Å². The zero-order valence-corrected chi connectivity index (χ0v) is 14.2. The molecule has 0 N–H and O–H groups in total. The van der Waals surface area contributed by atoms with E-state index in [1.807, 2.05) is 23.5 Å². The van der Waals surface area contributed by atoms with Gasteiger partial charge in [-0.1, -0.05) is 11.6 Å². The minimum Gasteiger partial charge on any atom is -0.378 e. The van der Waals surface area contributed by atoms with Gasteiger partial charge in [0, 0.05) is 26.3 Å². The number of aryl methyl sites for hydroxylation is 1. The Kier molecular flexibility index (Phi) is 3.75. The monoisotopic (exact) mass is 344 g/mol. The van der Waals surface area contributed by atoms with E-state index in [9.17, 15) is 0 Å². The standard InChI is InChI=1S/C17H17ClN4O2/c1-11-5-13(16-20-8-12-7-19-15(18)9-22(12)16)21-14(6-11)17(23-2)3-4-24-10-17/h5-9H,3-4,10H2,1-2H3. The molecule has 6 nitrogen and oxygen atoms in total. The zero-order valence-electron chi connectivity index (χ0n) is 13.5. The molecular weight excluding hydrogens is 328 g/mol. The van der Waals surface area contributed by atoms with E-state index in [2.05, 4.69) is 9.97 Å². The van der Waals surface area contributed by atoms with E-state index in [0.717, 1.165) is 34.7 Å². The summed E-state index contributed by atoms with van der Waals surface area (Å²) in [5, 5.41) is 0.409. The van der Waals surface area contributed by atoms with E-state index in [4.69, 9.17) is 26.1 Å². The molecule has 0 aromatic carbocycles. The number of nitrogens with zero attached hydrogens (tertiary/aromatic N) is 4. The molecule has 3 aromatic rings. The lowest BCUT2D eigenvalue weighted by Crippen LogP contribution is -2.30. The van der Waals surface area contributed by atoms with Gasteiger partial charge in [-0.3, -0.25) is 4.40 Å². The normalized spacial score (nSPS) is 20.8. The van der Waals surface area contributed by atoms with E-state index in [0.29, 0.717) is 18.4 Å². The van der Waals surface area contributed by atoms with Crippen LogP contribution in [0.4, 0.5) is 0 Å². The molecule has 0 amide bonds. The largest absolute Gasteiger partial charge is 0.378 e. The van der Waals surface area contributed by atoms with Crippen LogP contribution in [-0.2, 0) is 15.1 Å². The molecule has 4 heterocycles. The van der Waals surface area contributed by atoms with Crippen LogP contribution in [0.2, 0.25) is 5.15 Å². The van der Waals surface area contributed by atoms with Gasteiger partial charge >= 0.3 is 0 Å². The van der Waals surface area contributed by atoms with Crippen LogP contribution in [0.15, 0.2) is 30.7 Å². The van der Waals surface area contributed by atoms with Crippen molar-refractivity contribution in [1.82, 2.24) is 19.4 Å². The van der Waals surface area contributed by atoms with Crippen molar-refractivity contribution in [3.05, 3.63) is 47.1 Å². The third-order valence-corrected chi connectivity index (χ3v) is 4.62. The van der Waals surface area contributed by atoms with Crippen molar-refractivity contribution in [3.8, 4) is 11.5 Å². The highest BCUT2D eigenvalue weighted by Crippen LogP contribution is 2.34. The summed E-state index contributed by atoms with van der Waals surface area (Å²) in [6, 6.07) is 4.05. The first-order valence-electron chi connectivity index (χ1n) is 7.72. The van der Waals surface area contributed by atoms with E-state index < -0.39 is 5.60 Å². The molecule has 1 unspecified atom stereocenters. The summed E-state index contributed by atoms with van der Waals surface area (Å²) >= 11 is 6.03. The second-order valence-corrected chi connectivity index (χ2v) is 6.39. The molecule has 0 aliphatic carbocycles. The fourth-order valence-electron chi connectivity index (χ4n) is 3.09. The first-order chi connectivity index (χ1) is 11.6. The SMILES string of the molecule is COC1(c2cc(C)cc(-c3ncc4cnc(Cl)cn34)n2)CCOC1. The van der Waals surface area contributed by atoms with Gasteiger partial charge in [0.05, 0.1) is 30.2 Å². The minimum atomic E-state index is -0.493. The smallest absolute Gasteiger partial charge is 0.163 e. The lowest BCUT2D eigenvalue weighted by Gasteiger charge is -2.25. The predicted octanol–water partition coefficient (Wildman–Crippen LogP) is 3.02. The van der Waals surface area contributed by atoms with Crippen LogP contribution in [0, 0.1) is 6.92 Å². The van der Waals surface area contributed by atoms with Crippen molar-refractivity contribution >= 4 is 17.1 Å². The van der Waals surface area contributed by atoms with Crippen molar-refractivity contribution in [2.45, 2.75) is 18.9 Å². The summed E-state index contributed by atoms with van der Waals surface area (Å²) in [5.74, 6) is 0.726. The van der Waals surface area contributed by atoms with Crippen LogP contribution in [0.3, 0.4) is 0 Å². The lowest BCUT2D eigenvalue weighted by atomic mass is 9.96. The van der Waals surface area contributed by atoms with Crippen molar-refractivity contribution in [2.24, 2.45) is 0 Å². The van der Waals surface area contributed by atoms with E-state index in [-0.39, 0.29) is 0 Å². The summed E-state index contributed by atoms with van der Waals surface area (Å²) < 4.78 is 13.2. The van der Waals surface area contributed by atoms with E-state index in [1.165, 1.54) is 0 Å². The van der Waals surface area contributed by atoms with Crippen molar-refractivity contribution in [1.29, 1.82) is 0 Å². The van der Waals surface area contributed by atoms with Crippen LogP contribution in [0.1, 0.15) is 17.7 Å². The summed E-state index contributed by atoms with van der Waals surface area (Å²) in [6.45, 7) is 3.22. The first-order valence-corrected chi connectivity index (χ1v) is 8.10. The Morgan fingerprint density at radius 2 is 2.12 bits per heavy atom. The van der Waals surface area contributed by atoms with Crippen LogP contribution in [-0.4, -0.2) is 39.7 Å². The Balaban J connectivity index is 1.88. The lowest BCUT2D eigenvalue weighted by molar-refractivity contribution is -0.0245. The van der Waals surface area contributed by atoms with Gasteiger partial charge in [-0.05, 0) is 24.6 Å². The molecule has 1 atom stereocenters. The fraction of sp³-hybridized carbons (Fsp3) is 0.353. The number of hydrogen-bond donors (Lipinski definition) is 0. The fourth-order valence-corrected chi connectivity index (χ4v) is 3.24. The van der Waals surface area contributed by atoms with Crippen molar-refractivity contribution in [3.63, 3.8) is 0 Å². The van der Waals surface area contributed by atoms with Gasteiger partial charge in [-0.15, -0.1) is 0 Å². The van der Waals surface area contributed by atoms with Gasteiger partial charge in [0.15, 0.2) is 5.82 Å². The Labute approximate surface area is 144 Å². The summed E-state index contributed by atoms with van der Waals surface area (Å²) in [6.07, 6.45) is 5.98. The number of methoxy groups -OCH3 is 1. The van der Waals surface area contributed by atoms with Crippen LogP contribution in [0.25, 0.3) is 17.0 Å². The average Bonchev–Trinajstić information content (AvgIpc) is 3.21. The highest BCUT2D eigenvalue weighted by Gasteiger charge is 2.38. The highest BCUT2D eigenvalue weighted by atomic mass is 35.5. The van der Waals surface area contributed by atoms with Gasteiger partial charge < -0.3 is 9.47 Å². The number of pyridine rings is 1. The quantitative estimate of drug-likeness (QED) is 0.731. The molecule has 1 aliphatic rings. The number of hydrogen-bond acceptors (Lipinski definition) is 5. The topological polar surface area (TPSA) is 61.5 Å². The molecule has 7 heteroatoms. The number of rotatable bonds is 3. The number of halogens is 1. The third-order valence-electron chi connectivity index (χ3n) is 4.42. The van der Waals surface area contributed by atoms with Crippen LogP contribution in [0.5, 0.6) is 0 Å². The minimum absolute atomic E-state index is 0.409. The maximum atomic E-state index is 6.03. The molecule has 0 bridgehead atoms. The molecule has 4 rings (SSSR count). The molecule has 1 aliphatic heterocycles. The maximum Gasteiger partial charge on any atom is 0.163 e. The molecule has 0 spiro atoms. The van der Waals surface area contributed by atoms with Gasteiger partial charge in [-0.2, -0.15) is 0 Å². The molecule has 0 radical (unpaired) electrons. The second kappa shape index (κ2) is 5.81. The molecular formula is C17H17ClN4O2. The second-order valence-electron chi connectivity index (χ2n) is 6.00. The summed E-state index contributed by atoms with van der Waals surface area (Å²) in [7, 11) is 1.70. The third kappa shape index (κ3) is 2.47. The number of fused-ring (bicyclic) bond motifs is 1. The van der Waals surface area contributed by atoms with Crippen molar-refractivity contribution in [2.75, 3.05) is 20.3 Å². The number of aromatic nitrogens is 4. The predicted molar refractivity (Wildman–Crippen MR) is 90.1 cm³/mol. The van der Waals surface area contributed by atoms with E-state index in [1.54, 1.807) is 25.7 Å². The average molecular weight is 345 g/mol. The number of imidazole rings is 1. The molecule has 124 valence electrons. The zero-order chi connectivity index (χ0) is 16.7. The van der Waals surface area contributed by atoms with Gasteiger partial charge in [0.2, 0.25) is 0 Å².